The van der Waals surface area contributed by atoms with Crippen molar-refractivity contribution in [2.75, 3.05) is 30.8 Å². The van der Waals surface area contributed by atoms with Crippen LogP contribution in [-0.2, 0) is 0 Å². The first-order valence-corrected chi connectivity index (χ1v) is 6.74. The molecule has 18 heavy (non-hydrogen) atoms. The minimum atomic E-state index is -0.511. The number of rotatable bonds is 6. The van der Waals surface area contributed by atoms with Crippen molar-refractivity contribution in [2.24, 2.45) is 11.7 Å². The predicted octanol–water partition coefficient (Wildman–Crippen LogP) is 1.92. The van der Waals surface area contributed by atoms with Gasteiger partial charge in [0, 0.05) is 13.1 Å². The SMILES string of the molecule is CCN(CC(C)C)c1sc(C(N)=O)c(N)c1OC. The molecule has 0 aromatic carbocycles. The van der Waals surface area contributed by atoms with Crippen LogP contribution >= 0.6 is 11.3 Å². The quantitative estimate of drug-likeness (QED) is 0.828. The number of nitrogens with two attached hydrogens (primary N) is 2. The molecule has 1 aromatic heterocycles. The van der Waals surface area contributed by atoms with E-state index in [9.17, 15) is 4.79 Å². The third kappa shape index (κ3) is 2.87. The molecule has 102 valence electrons. The van der Waals surface area contributed by atoms with E-state index in [1.54, 1.807) is 7.11 Å². The lowest BCUT2D eigenvalue weighted by Crippen LogP contribution is -2.26. The van der Waals surface area contributed by atoms with Gasteiger partial charge < -0.3 is 21.1 Å². The van der Waals surface area contributed by atoms with Crippen molar-refractivity contribution < 1.29 is 9.53 Å². The lowest BCUT2D eigenvalue weighted by molar-refractivity contribution is 0.100. The van der Waals surface area contributed by atoms with Gasteiger partial charge in [-0.25, -0.2) is 0 Å². The van der Waals surface area contributed by atoms with Crippen LogP contribution in [0.25, 0.3) is 0 Å². The number of carbonyl (C=O) groups is 1. The summed E-state index contributed by atoms with van der Waals surface area (Å²) >= 11 is 1.29. The summed E-state index contributed by atoms with van der Waals surface area (Å²) in [5.74, 6) is 0.550. The first kappa shape index (κ1) is 14.6. The van der Waals surface area contributed by atoms with E-state index >= 15 is 0 Å². The highest BCUT2D eigenvalue weighted by atomic mass is 32.1. The van der Waals surface area contributed by atoms with Crippen molar-refractivity contribution in [3.8, 4) is 5.75 Å². The molecule has 0 fully saturated rings. The van der Waals surface area contributed by atoms with Crippen molar-refractivity contribution in [3.63, 3.8) is 0 Å². The number of nitrogen functional groups attached to an aromatic ring is 1. The molecule has 0 saturated carbocycles. The third-order valence-electron chi connectivity index (χ3n) is 2.56. The van der Waals surface area contributed by atoms with Gasteiger partial charge in [-0.2, -0.15) is 0 Å². The first-order chi connectivity index (χ1) is 8.42. The zero-order valence-electron chi connectivity index (χ0n) is 11.3. The van der Waals surface area contributed by atoms with Gasteiger partial charge in [0.25, 0.3) is 5.91 Å². The topological polar surface area (TPSA) is 81.6 Å². The van der Waals surface area contributed by atoms with E-state index in [-0.39, 0.29) is 0 Å². The number of carbonyl (C=O) groups excluding carboxylic acids is 1. The summed E-state index contributed by atoms with van der Waals surface area (Å²) < 4.78 is 5.31. The molecule has 0 aliphatic rings. The number of hydrogen-bond acceptors (Lipinski definition) is 5. The maximum atomic E-state index is 11.3. The summed E-state index contributed by atoms with van der Waals surface area (Å²) in [4.78, 5) is 13.8. The van der Waals surface area contributed by atoms with Gasteiger partial charge in [0.15, 0.2) is 5.75 Å². The smallest absolute Gasteiger partial charge is 0.261 e. The Labute approximate surface area is 112 Å². The number of thiophene rings is 1. The number of ether oxygens (including phenoxy) is 1. The molecule has 0 saturated heterocycles. The highest BCUT2D eigenvalue weighted by molar-refractivity contribution is 7.19. The van der Waals surface area contributed by atoms with Crippen LogP contribution in [0.3, 0.4) is 0 Å². The zero-order valence-corrected chi connectivity index (χ0v) is 12.1. The highest BCUT2D eigenvalue weighted by Gasteiger charge is 2.23. The molecule has 1 heterocycles. The van der Waals surface area contributed by atoms with Gasteiger partial charge in [-0.05, 0) is 12.8 Å². The summed E-state index contributed by atoms with van der Waals surface area (Å²) in [5.41, 5.74) is 11.5. The molecule has 0 spiro atoms. The van der Waals surface area contributed by atoms with Crippen LogP contribution in [0.4, 0.5) is 10.7 Å². The zero-order chi connectivity index (χ0) is 13.9. The summed E-state index contributed by atoms with van der Waals surface area (Å²) in [5, 5.41) is 0.875. The third-order valence-corrected chi connectivity index (χ3v) is 3.83. The Balaban J connectivity index is 3.21. The molecule has 0 atom stereocenters. The second-order valence-electron chi connectivity index (χ2n) is 4.48. The van der Waals surface area contributed by atoms with Crippen molar-refractivity contribution in [1.82, 2.24) is 0 Å². The van der Waals surface area contributed by atoms with Crippen LogP contribution < -0.4 is 21.1 Å². The van der Waals surface area contributed by atoms with Gasteiger partial charge in [0.05, 0.1) is 7.11 Å². The van der Waals surface area contributed by atoms with Crippen LogP contribution in [0.2, 0.25) is 0 Å². The van der Waals surface area contributed by atoms with Crippen molar-refractivity contribution in [3.05, 3.63) is 4.88 Å². The number of primary amides is 1. The molecule has 5 nitrogen and oxygen atoms in total. The Morgan fingerprint density at radius 1 is 1.50 bits per heavy atom. The fourth-order valence-corrected chi connectivity index (χ4v) is 2.92. The lowest BCUT2D eigenvalue weighted by atomic mass is 10.2. The van der Waals surface area contributed by atoms with E-state index in [4.69, 9.17) is 16.2 Å². The normalized spacial score (nSPS) is 10.7. The van der Waals surface area contributed by atoms with E-state index in [0.717, 1.165) is 18.1 Å². The predicted molar refractivity (Wildman–Crippen MR) is 76.5 cm³/mol. The maximum absolute atomic E-state index is 11.3. The Hall–Kier alpha value is -1.43. The average Bonchev–Trinajstić information content (AvgIpc) is 2.62. The van der Waals surface area contributed by atoms with Crippen molar-refractivity contribution >= 4 is 27.9 Å². The Bertz CT molecular complexity index is 429. The minimum Gasteiger partial charge on any atom is -0.492 e. The molecule has 6 heteroatoms. The summed E-state index contributed by atoms with van der Waals surface area (Å²) in [6.45, 7) is 8.04. The average molecular weight is 271 g/mol. The van der Waals surface area contributed by atoms with Crippen LogP contribution in [0.5, 0.6) is 5.75 Å². The van der Waals surface area contributed by atoms with Gasteiger partial charge in [0.1, 0.15) is 15.6 Å². The highest BCUT2D eigenvalue weighted by Crippen LogP contribution is 2.44. The molecule has 0 bridgehead atoms. The van der Waals surface area contributed by atoms with Gasteiger partial charge in [0.2, 0.25) is 0 Å². The number of hydrogen-bond donors (Lipinski definition) is 2. The Kier molecular flexibility index (Phi) is 4.84. The summed E-state index contributed by atoms with van der Waals surface area (Å²) in [7, 11) is 1.55. The molecular weight excluding hydrogens is 250 g/mol. The van der Waals surface area contributed by atoms with Crippen LogP contribution in [0.15, 0.2) is 0 Å². The molecule has 0 aliphatic heterocycles. The number of amides is 1. The largest absolute Gasteiger partial charge is 0.492 e. The lowest BCUT2D eigenvalue weighted by Gasteiger charge is -2.24. The molecule has 1 rings (SSSR count). The van der Waals surface area contributed by atoms with Gasteiger partial charge in [-0.1, -0.05) is 13.8 Å². The Morgan fingerprint density at radius 2 is 2.11 bits per heavy atom. The van der Waals surface area contributed by atoms with E-state index in [1.165, 1.54) is 11.3 Å². The van der Waals surface area contributed by atoms with Crippen LogP contribution in [0.1, 0.15) is 30.4 Å². The molecule has 0 radical (unpaired) electrons. The number of anilines is 2. The minimum absolute atomic E-state index is 0.340. The van der Waals surface area contributed by atoms with E-state index in [2.05, 4.69) is 25.7 Å². The maximum Gasteiger partial charge on any atom is 0.261 e. The molecule has 0 unspecified atom stereocenters. The standard InChI is InChI=1S/C12H21N3O2S/c1-5-15(6-7(2)3)12-9(17-4)8(13)10(18-12)11(14)16/h7H,5-6,13H2,1-4H3,(H2,14,16). The second-order valence-corrected chi connectivity index (χ2v) is 5.48. The van der Waals surface area contributed by atoms with Crippen molar-refractivity contribution in [2.45, 2.75) is 20.8 Å². The summed E-state index contributed by atoms with van der Waals surface area (Å²) in [6, 6.07) is 0. The monoisotopic (exact) mass is 271 g/mol. The van der Waals surface area contributed by atoms with Crippen LogP contribution in [-0.4, -0.2) is 26.1 Å². The van der Waals surface area contributed by atoms with Gasteiger partial charge >= 0.3 is 0 Å². The molecule has 0 aliphatic carbocycles. The van der Waals surface area contributed by atoms with E-state index in [1.807, 2.05) is 0 Å². The fraction of sp³-hybridized carbons (Fsp3) is 0.583. The van der Waals surface area contributed by atoms with Crippen molar-refractivity contribution in [1.29, 1.82) is 0 Å². The molecular formula is C12H21N3O2S. The van der Waals surface area contributed by atoms with E-state index in [0.29, 0.717) is 22.2 Å². The van der Waals surface area contributed by atoms with Crippen LogP contribution in [0, 0.1) is 5.92 Å². The first-order valence-electron chi connectivity index (χ1n) is 5.93. The number of methoxy groups -OCH3 is 1. The van der Waals surface area contributed by atoms with E-state index < -0.39 is 5.91 Å². The fourth-order valence-electron chi connectivity index (χ4n) is 1.80. The summed E-state index contributed by atoms with van der Waals surface area (Å²) in [6.07, 6.45) is 0. The number of nitrogens with zero attached hydrogens (tertiary/aromatic N) is 1. The second kappa shape index (κ2) is 5.95. The molecule has 1 amide bonds. The Morgan fingerprint density at radius 3 is 2.50 bits per heavy atom. The molecule has 4 N–H and O–H groups in total. The molecule has 1 aromatic rings. The van der Waals surface area contributed by atoms with Gasteiger partial charge in [-0.3, -0.25) is 4.79 Å². The van der Waals surface area contributed by atoms with Gasteiger partial charge in [-0.15, -0.1) is 11.3 Å².